The Kier molecular flexibility index (Phi) is 5.33. The zero-order valence-electron chi connectivity index (χ0n) is 13.5. The Morgan fingerprint density at radius 1 is 1.26 bits per heavy atom. The molecule has 0 radical (unpaired) electrons. The number of amides is 2. The minimum Gasteiger partial charge on any atom is -0.393 e. The number of anilines is 2. The van der Waals surface area contributed by atoms with Gasteiger partial charge in [-0.3, -0.25) is 0 Å². The number of aliphatic hydroxyl groups excluding tert-OH is 1. The molecule has 3 N–H and O–H groups in total. The van der Waals surface area contributed by atoms with E-state index < -0.39 is 0 Å². The molecule has 0 spiro atoms. The van der Waals surface area contributed by atoms with Gasteiger partial charge >= 0.3 is 6.03 Å². The van der Waals surface area contributed by atoms with E-state index in [0.717, 1.165) is 44.6 Å². The molecule has 2 atom stereocenters. The molecule has 23 heavy (non-hydrogen) atoms. The number of aromatic nitrogens is 1. The maximum atomic E-state index is 12.0. The fourth-order valence-corrected chi connectivity index (χ4v) is 3.45. The third kappa shape index (κ3) is 4.58. The van der Waals surface area contributed by atoms with Crippen LogP contribution in [0.1, 0.15) is 38.5 Å². The maximum absolute atomic E-state index is 12.0. The summed E-state index contributed by atoms with van der Waals surface area (Å²) in [7, 11) is 0. The summed E-state index contributed by atoms with van der Waals surface area (Å²) >= 11 is 0. The van der Waals surface area contributed by atoms with Crippen LogP contribution in [0.15, 0.2) is 18.3 Å². The number of urea groups is 1. The largest absolute Gasteiger partial charge is 0.393 e. The second-order valence-corrected chi connectivity index (χ2v) is 6.62. The molecule has 1 aromatic heterocycles. The van der Waals surface area contributed by atoms with Crippen molar-refractivity contribution >= 4 is 17.5 Å². The van der Waals surface area contributed by atoms with Crippen LogP contribution in [-0.2, 0) is 0 Å². The third-order valence-electron chi connectivity index (χ3n) is 4.74. The lowest BCUT2D eigenvalue weighted by Gasteiger charge is -2.25. The van der Waals surface area contributed by atoms with Crippen LogP contribution in [0, 0.1) is 5.92 Å². The van der Waals surface area contributed by atoms with Crippen molar-refractivity contribution in [1.82, 2.24) is 10.3 Å². The predicted octanol–water partition coefficient (Wildman–Crippen LogP) is 2.35. The Labute approximate surface area is 137 Å². The van der Waals surface area contributed by atoms with Crippen molar-refractivity contribution in [3.63, 3.8) is 0 Å². The molecule has 6 heteroatoms. The minimum absolute atomic E-state index is 0.207. The first-order valence-corrected chi connectivity index (χ1v) is 8.64. The van der Waals surface area contributed by atoms with E-state index in [0.29, 0.717) is 18.2 Å². The normalized spacial score (nSPS) is 24.5. The van der Waals surface area contributed by atoms with Crippen LogP contribution < -0.4 is 15.5 Å². The van der Waals surface area contributed by atoms with Crippen LogP contribution in [0.2, 0.25) is 0 Å². The third-order valence-corrected chi connectivity index (χ3v) is 4.74. The average Bonchev–Trinajstić information content (AvgIpc) is 3.08. The Balaban J connectivity index is 1.44. The highest BCUT2D eigenvalue weighted by atomic mass is 16.3. The SMILES string of the molecule is O=C(NCC1CCCC(O)C1)Nc1ccc(N2CCCC2)nc1. The van der Waals surface area contributed by atoms with Gasteiger partial charge in [-0.2, -0.15) is 0 Å². The number of hydrogen-bond donors (Lipinski definition) is 3. The Morgan fingerprint density at radius 3 is 2.78 bits per heavy atom. The Hall–Kier alpha value is -1.82. The summed E-state index contributed by atoms with van der Waals surface area (Å²) < 4.78 is 0. The number of pyridine rings is 1. The summed E-state index contributed by atoms with van der Waals surface area (Å²) in [6.07, 6.45) is 7.73. The molecule has 1 aliphatic carbocycles. The van der Waals surface area contributed by atoms with E-state index in [1.807, 2.05) is 12.1 Å². The van der Waals surface area contributed by atoms with Gasteiger partial charge in [-0.05, 0) is 50.2 Å². The summed E-state index contributed by atoms with van der Waals surface area (Å²) in [4.78, 5) is 18.6. The number of aliphatic hydroxyl groups is 1. The Bertz CT molecular complexity index is 514. The van der Waals surface area contributed by atoms with Crippen LogP contribution in [0.25, 0.3) is 0 Å². The zero-order chi connectivity index (χ0) is 16.1. The summed E-state index contributed by atoms with van der Waals surface area (Å²) in [6, 6.07) is 3.64. The van der Waals surface area contributed by atoms with Crippen molar-refractivity contribution in [3.05, 3.63) is 18.3 Å². The lowest BCUT2D eigenvalue weighted by molar-refractivity contribution is 0.101. The van der Waals surface area contributed by atoms with Gasteiger partial charge in [-0.15, -0.1) is 0 Å². The fourth-order valence-electron chi connectivity index (χ4n) is 3.45. The molecule has 0 aromatic carbocycles. The van der Waals surface area contributed by atoms with E-state index in [9.17, 15) is 9.90 Å². The van der Waals surface area contributed by atoms with Crippen molar-refractivity contribution in [2.45, 2.75) is 44.6 Å². The maximum Gasteiger partial charge on any atom is 0.319 e. The van der Waals surface area contributed by atoms with Crippen molar-refractivity contribution in [3.8, 4) is 0 Å². The van der Waals surface area contributed by atoms with Gasteiger partial charge in [0.25, 0.3) is 0 Å². The highest BCUT2D eigenvalue weighted by Crippen LogP contribution is 2.23. The molecule has 1 saturated heterocycles. The molecule has 1 aromatic rings. The van der Waals surface area contributed by atoms with Gasteiger partial charge < -0.3 is 20.6 Å². The molecule has 0 bridgehead atoms. The van der Waals surface area contributed by atoms with Crippen molar-refractivity contribution < 1.29 is 9.90 Å². The second kappa shape index (κ2) is 7.64. The number of carbonyl (C=O) groups excluding carboxylic acids is 1. The first kappa shape index (κ1) is 16.1. The predicted molar refractivity (Wildman–Crippen MR) is 90.7 cm³/mol. The zero-order valence-corrected chi connectivity index (χ0v) is 13.5. The highest BCUT2D eigenvalue weighted by Gasteiger charge is 2.20. The van der Waals surface area contributed by atoms with Crippen molar-refractivity contribution in [2.24, 2.45) is 5.92 Å². The monoisotopic (exact) mass is 318 g/mol. The molecule has 126 valence electrons. The molecule has 2 aliphatic rings. The number of nitrogens with one attached hydrogen (secondary N) is 2. The van der Waals surface area contributed by atoms with Crippen LogP contribution in [0.4, 0.5) is 16.3 Å². The molecular weight excluding hydrogens is 292 g/mol. The van der Waals surface area contributed by atoms with Crippen LogP contribution >= 0.6 is 0 Å². The standard InChI is InChI=1S/C17H26N4O2/c22-15-5-3-4-13(10-15)11-19-17(23)20-14-6-7-16(18-12-14)21-8-1-2-9-21/h6-7,12-13,15,22H,1-5,8-11H2,(H2,19,20,23). The topological polar surface area (TPSA) is 77.5 Å². The number of carbonyl (C=O) groups is 1. The fraction of sp³-hybridized carbons (Fsp3) is 0.647. The lowest BCUT2D eigenvalue weighted by Crippen LogP contribution is -2.35. The molecular formula is C17H26N4O2. The highest BCUT2D eigenvalue weighted by molar-refractivity contribution is 5.89. The van der Waals surface area contributed by atoms with Gasteiger partial charge in [-0.1, -0.05) is 6.42 Å². The first-order chi connectivity index (χ1) is 11.2. The summed E-state index contributed by atoms with van der Waals surface area (Å²) in [5, 5.41) is 15.4. The van der Waals surface area contributed by atoms with E-state index in [-0.39, 0.29) is 12.1 Å². The van der Waals surface area contributed by atoms with Gasteiger partial charge in [-0.25, -0.2) is 9.78 Å². The molecule has 2 amide bonds. The number of hydrogen-bond acceptors (Lipinski definition) is 4. The van der Waals surface area contributed by atoms with E-state index in [1.165, 1.54) is 12.8 Å². The van der Waals surface area contributed by atoms with E-state index in [2.05, 4.69) is 20.5 Å². The van der Waals surface area contributed by atoms with Crippen molar-refractivity contribution in [2.75, 3.05) is 29.9 Å². The average molecular weight is 318 g/mol. The van der Waals surface area contributed by atoms with Gasteiger partial charge in [0.05, 0.1) is 18.0 Å². The molecule has 1 saturated carbocycles. The summed E-state index contributed by atoms with van der Waals surface area (Å²) in [6.45, 7) is 2.74. The van der Waals surface area contributed by atoms with Gasteiger partial charge in [0.2, 0.25) is 0 Å². The molecule has 2 unspecified atom stereocenters. The first-order valence-electron chi connectivity index (χ1n) is 8.64. The number of nitrogens with zero attached hydrogens (tertiary/aromatic N) is 2. The van der Waals surface area contributed by atoms with Gasteiger partial charge in [0, 0.05) is 19.6 Å². The van der Waals surface area contributed by atoms with Gasteiger partial charge in [0.1, 0.15) is 5.82 Å². The number of rotatable bonds is 4. The molecule has 1 aliphatic heterocycles. The molecule has 3 rings (SSSR count). The summed E-state index contributed by atoms with van der Waals surface area (Å²) in [5.74, 6) is 1.35. The lowest BCUT2D eigenvalue weighted by atomic mass is 9.87. The van der Waals surface area contributed by atoms with E-state index >= 15 is 0 Å². The second-order valence-electron chi connectivity index (χ2n) is 6.62. The van der Waals surface area contributed by atoms with Gasteiger partial charge in [0.15, 0.2) is 0 Å². The smallest absolute Gasteiger partial charge is 0.319 e. The Morgan fingerprint density at radius 2 is 2.09 bits per heavy atom. The molecule has 2 fully saturated rings. The quantitative estimate of drug-likeness (QED) is 0.796. The van der Waals surface area contributed by atoms with Crippen LogP contribution in [0.5, 0.6) is 0 Å². The van der Waals surface area contributed by atoms with E-state index in [1.54, 1.807) is 6.20 Å². The van der Waals surface area contributed by atoms with Crippen molar-refractivity contribution in [1.29, 1.82) is 0 Å². The van der Waals surface area contributed by atoms with Crippen LogP contribution in [0.3, 0.4) is 0 Å². The molecule has 6 nitrogen and oxygen atoms in total. The minimum atomic E-state index is -0.208. The van der Waals surface area contributed by atoms with E-state index in [4.69, 9.17) is 0 Å². The van der Waals surface area contributed by atoms with Crippen LogP contribution in [-0.4, -0.2) is 41.9 Å². The molecule has 2 heterocycles. The summed E-state index contributed by atoms with van der Waals surface area (Å²) in [5.41, 5.74) is 0.703.